The number of aromatic hydroxyl groups is 1. The minimum absolute atomic E-state index is 0.0402. The van der Waals surface area contributed by atoms with Crippen molar-refractivity contribution in [1.29, 1.82) is 0 Å². The quantitative estimate of drug-likeness (QED) is 0.634. The number of rotatable bonds is 4. The first-order valence-corrected chi connectivity index (χ1v) is 9.24. The molecule has 1 aliphatic heterocycles. The molecule has 1 atom stereocenters. The number of hydrogen-bond acceptors (Lipinski definition) is 4. The van der Waals surface area contributed by atoms with Gasteiger partial charge in [-0.1, -0.05) is 24.0 Å². The van der Waals surface area contributed by atoms with Crippen LogP contribution in [0.25, 0.3) is 0 Å². The first kappa shape index (κ1) is 20.1. The van der Waals surface area contributed by atoms with Crippen LogP contribution in [0.15, 0.2) is 18.2 Å². The van der Waals surface area contributed by atoms with Crippen molar-refractivity contribution in [1.82, 2.24) is 5.32 Å². The van der Waals surface area contributed by atoms with Crippen LogP contribution >= 0.6 is 0 Å². The van der Waals surface area contributed by atoms with Gasteiger partial charge in [0.05, 0.1) is 12.2 Å². The fourth-order valence-corrected chi connectivity index (χ4v) is 2.68. The van der Waals surface area contributed by atoms with Crippen LogP contribution < -0.4 is 5.32 Å². The highest BCUT2D eigenvalue weighted by molar-refractivity contribution is 5.68. The van der Waals surface area contributed by atoms with Gasteiger partial charge in [0.15, 0.2) is 0 Å². The maximum atomic E-state index is 11.6. The number of phenolic OH excluding ortho intramolecular Hbond substituents is 1. The van der Waals surface area contributed by atoms with Crippen molar-refractivity contribution < 1.29 is 19.4 Å². The smallest absolute Gasteiger partial charge is 0.407 e. The Hall–Kier alpha value is -2.19. The molecular weight excluding hydrogens is 330 g/mol. The molecule has 1 heterocycles. The summed E-state index contributed by atoms with van der Waals surface area (Å²) in [5.74, 6) is 6.34. The number of para-hydroxylation sites is 1. The van der Waals surface area contributed by atoms with E-state index in [0.29, 0.717) is 25.0 Å². The van der Waals surface area contributed by atoms with Crippen LogP contribution in [-0.2, 0) is 15.9 Å². The molecular formula is C21H29NO4. The summed E-state index contributed by atoms with van der Waals surface area (Å²) >= 11 is 0. The molecule has 0 bridgehead atoms. The minimum atomic E-state index is -0.422. The molecule has 0 radical (unpaired) electrons. The molecule has 1 aromatic rings. The minimum Gasteiger partial charge on any atom is -0.506 e. The van der Waals surface area contributed by atoms with Crippen molar-refractivity contribution in [3.63, 3.8) is 0 Å². The van der Waals surface area contributed by atoms with E-state index in [1.165, 1.54) is 0 Å². The Kier molecular flexibility index (Phi) is 7.35. The molecule has 0 aliphatic carbocycles. The number of alkyl carbamates (subject to hydrolysis) is 1. The molecule has 5 heteroatoms. The number of phenols is 1. The van der Waals surface area contributed by atoms with Crippen LogP contribution in [0.5, 0.6) is 5.75 Å². The zero-order chi connectivity index (χ0) is 19.0. The van der Waals surface area contributed by atoms with Gasteiger partial charge in [-0.15, -0.1) is 0 Å². The summed E-state index contributed by atoms with van der Waals surface area (Å²) in [6.07, 6.45) is 3.96. The zero-order valence-corrected chi connectivity index (χ0v) is 15.9. The van der Waals surface area contributed by atoms with E-state index < -0.39 is 6.09 Å². The third-order valence-electron chi connectivity index (χ3n) is 3.97. The van der Waals surface area contributed by atoms with Crippen molar-refractivity contribution >= 4 is 6.09 Å². The van der Waals surface area contributed by atoms with E-state index in [9.17, 15) is 9.90 Å². The Balaban J connectivity index is 1.85. The number of benzene rings is 1. The third kappa shape index (κ3) is 6.97. The molecule has 1 aromatic carbocycles. The summed E-state index contributed by atoms with van der Waals surface area (Å²) in [6.45, 7) is 6.76. The van der Waals surface area contributed by atoms with E-state index in [1.54, 1.807) is 0 Å². The molecule has 1 unspecified atom stereocenters. The molecule has 0 spiro atoms. The first-order valence-electron chi connectivity index (χ1n) is 9.24. The van der Waals surface area contributed by atoms with Gasteiger partial charge >= 0.3 is 6.09 Å². The molecule has 26 heavy (non-hydrogen) atoms. The molecule has 142 valence electrons. The van der Waals surface area contributed by atoms with Gasteiger partial charge in [-0.05, 0) is 64.5 Å². The van der Waals surface area contributed by atoms with Crippen molar-refractivity contribution in [3.05, 3.63) is 29.3 Å². The van der Waals surface area contributed by atoms with Crippen molar-refractivity contribution in [2.75, 3.05) is 13.2 Å². The van der Waals surface area contributed by atoms with E-state index in [0.717, 1.165) is 31.4 Å². The predicted octanol–water partition coefficient (Wildman–Crippen LogP) is 3.77. The molecule has 1 saturated heterocycles. The topological polar surface area (TPSA) is 67.8 Å². The fourth-order valence-electron chi connectivity index (χ4n) is 2.68. The van der Waals surface area contributed by atoms with Crippen LogP contribution in [0.1, 0.15) is 57.6 Å². The van der Waals surface area contributed by atoms with E-state index in [4.69, 9.17) is 9.47 Å². The lowest BCUT2D eigenvalue weighted by atomic mass is 10.0. The molecule has 0 saturated carbocycles. The maximum absolute atomic E-state index is 11.6. The average molecular weight is 359 g/mol. The van der Waals surface area contributed by atoms with Crippen LogP contribution in [0.3, 0.4) is 0 Å². The van der Waals surface area contributed by atoms with Gasteiger partial charge in [0.2, 0.25) is 0 Å². The number of aryl methyl sites for hydroxylation is 1. The van der Waals surface area contributed by atoms with Crippen LogP contribution in [0.4, 0.5) is 4.79 Å². The van der Waals surface area contributed by atoms with Gasteiger partial charge in [-0.2, -0.15) is 0 Å². The van der Waals surface area contributed by atoms with Crippen molar-refractivity contribution in [2.24, 2.45) is 0 Å². The van der Waals surface area contributed by atoms with Gasteiger partial charge in [-0.3, -0.25) is 0 Å². The summed E-state index contributed by atoms with van der Waals surface area (Å²) in [7, 11) is 0. The molecule has 5 nitrogen and oxygen atoms in total. The van der Waals surface area contributed by atoms with Crippen LogP contribution in [-0.4, -0.2) is 36.1 Å². The summed E-state index contributed by atoms with van der Waals surface area (Å²) in [5.41, 5.74) is 1.11. The largest absolute Gasteiger partial charge is 0.506 e. The normalized spacial score (nSPS) is 17.1. The summed E-state index contributed by atoms with van der Waals surface area (Å²) in [4.78, 5) is 11.6. The van der Waals surface area contributed by atoms with Gasteiger partial charge in [0.25, 0.3) is 0 Å². The Labute approximate surface area is 156 Å². The number of hydrogen-bond donors (Lipinski definition) is 2. The van der Waals surface area contributed by atoms with Crippen LogP contribution in [0, 0.1) is 11.8 Å². The van der Waals surface area contributed by atoms with Crippen LogP contribution in [0.2, 0.25) is 0 Å². The summed E-state index contributed by atoms with van der Waals surface area (Å²) < 4.78 is 10.8. The lowest BCUT2D eigenvalue weighted by Crippen LogP contribution is -2.41. The second kappa shape index (κ2) is 9.49. The Morgan fingerprint density at radius 3 is 2.88 bits per heavy atom. The lowest BCUT2D eigenvalue weighted by molar-refractivity contribution is 0.0526. The highest BCUT2D eigenvalue weighted by Gasteiger charge is 2.14. The molecule has 0 aromatic heterocycles. The van der Waals surface area contributed by atoms with Crippen molar-refractivity contribution in [2.45, 2.75) is 64.5 Å². The average Bonchev–Trinajstić information content (AvgIpc) is 2.58. The highest BCUT2D eigenvalue weighted by atomic mass is 16.5. The van der Waals surface area contributed by atoms with E-state index in [1.807, 2.05) is 39.0 Å². The second-order valence-electron chi connectivity index (χ2n) is 7.55. The number of carbonyl (C=O) groups excluding carboxylic acids is 1. The summed E-state index contributed by atoms with van der Waals surface area (Å²) in [6, 6.07) is 5.56. The highest BCUT2D eigenvalue weighted by Crippen LogP contribution is 2.23. The number of nitrogens with one attached hydrogen (secondary N) is 1. The monoisotopic (exact) mass is 359 g/mol. The SMILES string of the molecule is CC(C)(C)NC(=O)OCCCc1cccc(C#CC2CCCCO2)c1O. The van der Waals surface area contributed by atoms with Crippen molar-refractivity contribution in [3.8, 4) is 17.6 Å². The molecule has 1 amide bonds. The van der Waals surface area contributed by atoms with Gasteiger partial charge in [0, 0.05) is 12.1 Å². The Bertz CT molecular complexity index is 661. The second-order valence-corrected chi connectivity index (χ2v) is 7.55. The third-order valence-corrected chi connectivity index (χ3v) is 3.97. The van der Waals surface area contributed by atoms with Gasteiger partial charge in [0.1, 0.15) is 11.9 Å². The number of carbonyl (C=O) groups is 1. The van der Waals surface area contributed by atoms with Gasteiger partial charge < -0.3 is 19.9 Å². The molecule has 2 rings (SSSR count). The fraction of sp³-hybridized carbons (Fsp3) is 0.571. The lowest BCUT2D eigenvalue weighted by Gasteiger charge is -2.19. The maximum Gasteiger partial charge on any atom is 0.407 e. The zero-order valence-electron chi connectivity index (χ0n) is 15.9. The molecule has 1 fully saturated rings. The molecule has 2 N–H and O–H groups in total. The van der Waals surface area contributed by atoms with E-state index in [2.05, 4.69) is 17.2 Å². The molecule has 1 aliphatic rings. The Morgan fingerprint density at radius 1 is 1.38 bits per heavy atom. The Morgan fingerprint density at radius 2 is 2.19 bits per heavy atom. The predicted molar refractivity (Wildman–Crippen MR) is 101 cm³/mol. The summed E-state index contributed by atoms with van der Waals surface area (Å²) in [5, 5.41) is 13.2. The van der Waals surface area contributed by atoms with Gasteiger partial charge in [-0.25, -0.2) is 4.79 Å². The van der Waals surface area contributed by atoms with E-state index in [-0.39, 0.29) is 17.4 Å². The number of ether oxygens (including phenoxy) is 2. The first-order chi connectivity index (χ1) is 12.3. The number of amides is 1. The van der Waals surface area contributed by atoms with E-state index >= 15 is 0 Å². The standard InChI is InChI=1S/C21H29NO4/c1-21(2,3)22-20(24)26-15-7-10-16-8-6-9-17(19(16)23)12-13-18-11-4-5-14-25-18/h6,8-9,18,23H,4-5,7,10-11,14-15H2,1-3H3,(H,22,24).